The zero-order valence-electron chi connectivity index (χ0n) is 9.96. The molecule has 6 N–H and O–H groups in total. The van der Waals surface area contributed by atoms with Crippen molar-refractivity contribution < 1.29 is 34.9 Å². The number of pyridine rings is 1. The zero-order valence-corrected chi connectivity index (χ0v) is 9.96. The number of rotatable bonds is 3. The number of primary amides is 1. The minimum atomic E-state index is -1.18. The predicted octanol–water partition coefficient (Wildman–Crippen LogP) is -2.49. The van der Waals surface area contributed by atoms with Gasteiger partial charge in [0.1, 0.15) is 17.8 Å². The maximum absolute atomic E-state index is 11.1. The third kappa shape index (κ3) is 2.88. The number of aliphatic hydroxyl groups is 3. The summed E-state index contributed by atoms with van der Waals surface area (Å²) in [5.74, 6) is -0.601. The molecule has 4 atom stereocenters. The topological polar surface area (TPSA) is 147 Å². The smallest absolute Gasteiger partial charge is 0.292 e. The second-order valence-corrected chi connectivity index (χ2v) is 4.13. The van der Waals surface area contributed by atoms with E-state index in [1.165, 1.54) is 16.8 Å². The molecular weight excluding hydrogens is 256 g/mol. The molecule has 0 spiro atoms. The molecule has 1 aliphatic rings. The van der Waals surface area contributed by atoms with Crippen LogP contribution < -0.4 is 10.3 Å². The van der Waals surface area contributed by atoms with Crippen LogP contribution in [0, 0.1) is 0 Å². The lowest BCUT2D eigenvalue weighted by atomic mass is 10.1. The Hall–Kier alpha value is -1.58. The number of hydrogen-bond acceptors (Lipinski definition) is 6. The summed E-state index contributed by atoms with van der Waals surface area (Å²) >= 11 is 0. The van der Waals surface area contributed by atoms with Gasteiger partial charge in [-0.25, -0.2) is 0 Å². The van der Waals surface area contributed by atoms with Gasteiger partial charge in [0.05, 0.1) is 6.61 Å². The molecule has 1 aromatic heterocycles. The van der Waals surface area contributed by atoms with E-state index in [1.54, 1.807) is 12.3 Å². The van der Waals surface area contributed by atoms with Crippen LogP contribution in [-0.2, 0) is 4.74 Å². The molecule has 2 rings (SSSR count). The molecule has 106 valence electrons. The number of aliphatic hydroxyl groups excluding tert-OH is 3. The SMILES string of the molecule is NC(=O)c1ccc[n+]([C@@H]2O[C@H](CO)[C@@H](O)[C@H]2O)c1.[OH-]. The van der Waals surface area contributed by atoms with Crippen LogP contribution in [0.5, 0.6) is 0 Å². The van der Waals surface area contributed by atoms with E-state index in [1.807, 2.05) is 0 Å². The van der Waals surface area contributed by atoms with E-state index in [0.29, 0.717) is 0 Å². The van der Waals surface area contributed by atoms with E-state index in [4.69, 9.17) is 15.6 Å². The van der Waals surface area contributed by atoms with Crippen molar-refractivity contribution in [3.05, 3.63) is 30.1 Å². The summed E-state index contributed by atoms with van der Waals surface area (Å²) in [4.78, 5) is 11.1. The minimum Gasteiger partial charge on any atom is -0.870 e. The van der Waals surface area contributed by atoms with Gasteiger partial charge in [0.15, 0.2) is 18.5 Å². The van der Waals surface area contributed by atoms with Crippen LogP contribution in [0.25, 0.3) is 0 Å². The fourth-order valence-corrected chi connectivity index (χ4v) is 1.92. The van der Waals surface area contributed by atoms with Crippen molar-refractivity contribution in [2.24, 2.45) is 5.73 Å². The summed E-state index contributed by atoms with van der Waals surface area (Å²) < 4.78 is 6.75. The predicted molar refractivity (Wildman–Crippen MR) is 60.1 cm³/mol. The number of carbonyl (C=O) groups is 1. The van der Waals surface area contributed by atoms with Crippen LogP contribution in [0.3, 0.4) is 0 Å². The van der Waals surface area contributed by atoms with E-state index < -0.39 is 37.1 Å². The van der Waals surface area contributed by atoms with Gasteiger partial charge in [-0.3, -0.25) is 4.79 Å². The first-order valence-electron chi connectivity index (χ1n) is 5.47. The van der Waals surface area contributed by atoms with Crippen molar-refractivity contribution in [1.29, 1.82) is 0 Å². The quantitative estimate of drug-likeness (QED) is 0.447. The molecule has 2 heterocycles. The first kappa shape index (κ1) is 15.5. The van der Waals surface area contributed by atoms with Gasteiger partial charge in [0.2, 0.25) is 0 Å². The lowest BCUT2D eigenvalue weighted by Crippen LogP contribution is -2.46. The average molecular weight is 272 g/mol. The number of carbonyl (C=O) groups excluding carboxylic acids is 1. The fourth-order valence-electron chi connectivity index (χ4n) is 1.92. The molecule has 0 aliphatic carbocycles. The molecule has 1 fully saturated rings. The van der Waals surface area contributed by atoms with Crippen LogP contribution in [0.15, 0.2) is 24.5 Å². The number of aromatic nitrogens is 1. The molecule has 8 nitrogen and oxygen atoms in total. The van der Waals surface area contributed by atoms with Crippen LogP contribution in [0.4, 0.5) is 0 Å². The van der Waals surface area contributed by atoms with Gasteiger partial charge in [-0.2, -0.15) is 4.57 Å². The monoisotopic (exact) mass is 272 g/mol. The molecule has 1 saturated heterocycles. The maximum Gasteiger partial charge on any atom is 0.292 e. The Bertz CT molecular complexity index is 455. The minimum absolute atomic E-state index is 0. The molecule has 19 heavy (non-hydrogen) atoms. The highest BCUT2D eigenvalue weighted by molar-refractivity contribution is 5.92. The number of ether oxygens (including phenoxy) is 1. The molecule has 0 unspecified atom stereocenters. The maximum atomic E-state index is 11.1. The third-order valence-corrected chi connectivity index (χ3v) is 2.92. The average Bonchev–Trinajstić information content (AvgIpc) is 2.66. The second-order valence-electron chi connectivity index (χ2n) is 4.13. The number of amides is 1. The molecule has 8 heteroatoms. The van der Waals surface area contributed by atoms with Gasteiger partial charge in [-0.1, -0.05) is 0 Å². The highest BCUT2D eigenvalue weighted by Crippen LogP contribution is 2.24. The van der Waals surface area contributed by atoms with E-state index in [-0.39, 0.29) is 11.0 Å². The Morgan fingerprint density at radius 2 is 2.11 bits per heavy atom. The van der Waals surface area contributed by atoms with Crippen molar-refractivity contribution >= 4 is 5.91 Å². The van der Waals surface area contributed by atoms with Crippen molar-refractivity contribution in [2.75, 3.05) is 6.61 Å². The Kier molecular flexibility index (Phi) is 4.92. The Morgan fingerprint density at radius 1 is 1.42 bits per heavy atom. The van der Waals surface area contributed by atoms with Crippen LogP contribution in [0.2, 0.25) is 0 Å². The molecule has 0 bridgehead atoms. The summed E-state index contributed by atoms with van der Waals surface area (Å²) in [6.07, 6.45) is -1.08. The molecule has 0 radical (unpaired) electrons. The largest absolute Gasteiger partial charge is 0.870 e. The van der Waals surface area contributed by atoms with Crippen molar-refractivity contribution in [3.63, 3.8) is 0 Å². The van der Waals surface area contributed by atoms with Crippen molar-refractivity contribution in [2.45, 2.75) is 24.5 Å². The highest BCUT2D eigenvalue weighted by atomic mass is 16.6. The Morgan fingerprint density at radius 3 is 2.63 bits per heavy atom. The van der Waals surface area contributed by atoms with E-state index in [0.717, 1.165) is 0 Å². The van der Waals surface area contributed by atoms with E-state index in [9.17, 15) is 15.0 Å². The zero-order chi connectivity index (χ0) is 13.3. The number of nitrogens with zero attached hydrogens (tertiary/aromatic N) is 1. The highest BCUT2D eigenvalue weighted by Gasteiger charge is 2.47. The van der Waals surface area contributed by atoms with Gasteiger partial charge in [0, 0.05) is 6.07 Å². The van der Waals surface area contributed by atoms with Gasteiger partial charge in [-0.05, 0) is 6.07 Å². The van der Waals surface area contributed by atoms with Gasteiger partial charge < -0.3 is 31.3 Å². The Balaban J connectivity index is 0.00000180. The van der Waals surface area contributed by atoms with E-state index in [2.05, 4.69) is 0 Å². The molecule has 1 amide bonds. The molecule has 0 aromatic carbocycles. The van der Waals surface area contributed by atoms with Gasteiger partial charge >= 0.3 is 0 Å². The van der Waals surface area contributed by atoms with Crippen molar-refractivity contribution in [3.8, 4) is 0 Å². The van der Waals surface area contributed by atoms with Crippen LogP contribution >= 0.6 is 0 Å². The standard InChI is InChI=1S/C11H14N2O5.H2O/c12-10(17)6-2-1-3-13(4-6)11-9(16)8(15)7(5-14)18-11;/h1-4,7-9,11,14-16H,5H2,(H-,12,17);1H2/t7-,8-,9-,11-;/m1./s1. The fraction of sp³-hybridized carbons (Fsp3) is 0.455. The molecule has 1 aromatic rings. The molecular formula is C11H16N2O6. The lowest BCUT2D eigenvalue weighted by Gasteiger charge is -2.09. The van der Waals surface area contributed by atoms with Gasteiger partial charge in [-0.15, -0.1) is 0 Å². The first-order valence-corrected chi connectivity index (χ1v) is 5.47. The van der Waals surface area contributed by atoms with Crippen LogP contribution in [-0.4, -0.2) is 51.6 Å². The molecule has 0 saturated carbocycles. The molecule has 1 aliphatic heterocycles. The van der Waals surface area contributed by atoms with Gasteiger partial charge in [0.25, 0.3) is 12.1 Å². The summed E-state index contributed by atoms with van der Waals surface area (Å²) in [5, 5.41) is 28.4. The first-order chi connectivity index (χ1) is 8.54. The summed E-state index contributed by atoms with van der Waals surface area (Å²) in [6, 6.07) is 3.11. The number of hydrogen-bond donors (Lipinski definition) is 4. The summed E-state index contributed by atoms with van der Waals surface area (Å²) in [7, 11) is 0. The second kappa shape index (κ2) is 6.04. The van der Waals surface area contributed by atoms with Crippen LogP contribution in [0.1, 0.15) is 16.6 Å². The summed E-state index contributed by atoms with van der Waals surface area (Å²) in [6.45, 7) is -0.398. The van der Waals surface area contributed by atoms with Crippen molar-refractivity contribution in [1.82, 2.24) is 0 Å². The van der Waals surface area contributed by atoms with E-state index >= 15 is 0 Å². The third-order valence-electron chi connectivity index (χ3n) is 2.92. The lowest BCUT2D eigenvalue weighted by molar-refractivity contribution is -0.765. The normalized spacial score (nSPS) is 29.8. The Labute approximate surface area is 109 Å². The summed E-state index contributed by atoms with van der Waals surface area (Å²) in [5.41, 5.74) is 5.41. The number of nitrogens with two attached hydrogens (primary N) is 1.